The lowest BCUT2D eigenvalue weighted by molar-refractivity contribution is -0.137. The second-order valence-electron chi connectivity index (χ2n) is 6.33. The normalized spacial score (nSPS) is 13.9. The average Bonchev–Trinajstić information content (AvgIpc) is 3.45. The van der Waals surface area contributed by atoms with Gasteiger partial charge in [0.25, 0.3) is 0 Å². The molecule has 1 saturated carbocycles. The van der Waals surface area contributed by atoms with Crippen LogP contribution in [0, 0.1) is 5.41 Å². The molecule has 3 rings (SSSR count). The van der Waals surface area contributed by atoms with Gasteiger partial charge in [-0.05, 0) is 25.0 Å². The molecule has 1 fully saturated rings. The molecule has 0 bridgehead atoms. The Kier molecular flexibility index (Phi) is 5.98. The van der Waals surface area contributed by atoms with Crippen molar-refractivity contribution in [1.29, 1.82) is 5.41 Å². The van der Waals surface area contributed by atoms with Crippen molar-refractivity contribution in [3.63, 3.8) is 0 Å². The van der Waals surface area contributed by atoms with E-state index in [0.717, 1.165) is 25.3 Å². The van der Waals surface area contributed by atoms with Crippen molar-refractivity contribution in [2.75, 3.05) is 36.2 Å². The Bertz CT molecular complexity index is 839. The molecular weight excluding hydrogens is 373 g/mol. The van der Waals surface area contributed by atoms with Gasteiger partial charge in [0, 0.05) is 43.4 Å². The molecule has 0 spiro atoms. The molecule has 150 valence electrons. The van der Waals surface area contributed by atoms with E-state index in [9.17, 15) is 13.2 Å². The minimum absolute atomic E-state index is 0.00861. The standard InChI is InChI=1S/C18H21F3N6O/c1-28-8-7-23-14-3-2-4-15(12(14)9-22)26-17-24-10-13(18(19,20)21)16(27-17)25-11-5-6-11/h2-4,9-11,22-23H,5-8H2,1H3,(H2,24,25,26,27). The Labute approximate surface area is 160 Å². The Morgan fingerprint density at radius 2 is 2.04 bits per heavy atom. The third-order valence-corrected chi connectivity index (χ3v) is 4.13. The molecular formula is C18H21F3N6O. The first-order valence-corrected chi connectivity index (χ1v) is 8.76. The van der Waals surface area contributed by atoms with Crippen LogP contribution in [0.2, 0.25) is 0 Å². The van der Waals surface area contributed by atoms with E-state index in [1.807, 2.05) is 0 Å². The molecule has 1 aliphatic carbocycles. The first-order valence-electron chi connectivity index (χ1n) is 8.76. The molecule has 28 heavy (non-hydrogen) atoms. The fraction of sp³-hybridized carbons (Fsp3) is 0.389. The van der Waals surface area contributed by atoms with Crippen molar-refractivity contribution in [3.8, 4) is 0 Å². The van der Waals surface area contributed by atoms with Crippen LogP contribution in [0.4, 0.5) is 36.3 Å². The van der Waals surface area contributed by atoms with Gasteiger partial charge in [-0.2, -0.15) is 18.2 Å². The molecule has 1 aromatic carbocycles. The zero-order chi connectivity index (χ0) is 20.1. The lowest BCUT2D eigenvalue weighted by atomic mass is 10.1. The van der Waals surface area contributed by atoms with E-state index in [-0.39, 0.29) is 17.8 Å². The van der Waals surface area contributed by atoms with Crippen molar-refractivity contribution in [3.05, 3.63) is 35.5 Å². The maximum atomic E-state index is 13.2. The van der Waals surface area contributed by atoms with Gasteiger partial charge in [0.05, 0.1) is 12.3 Å². The van der Waals surface area contributed by atoms with Gasteiger partial charge >= 0.3 is 6.18 Å². The number of aromatic nitrogens is 2. The zero-order valence-electron chi connectivity index (χ0n) is 15.2. The lowest BCUT2D eigenvalue weighted by Gasteiger charge is -2.16. The summed E-state index contributed by atoms with van der Waals surface area (Å²) in [6.07, 6.45) is -0.981. The number of benzene rings is 1. The number of nitrogens with zero attached hydrogens (tertiary/aromatic N) is 2. The van der Waals surface area contributed by atoms with Gasteiger partial charge in [0.2, 0.25) is 5.95 Å². The molecule has 0 atom stereocenters. The van der Waals surface area contributed by atoms with E-state index in [0.29, 0.717) is 30.1 Å². The van der Waals surface area contributed by atoms with Crippen LogP contribution >= 0.6 is 0 Å². The van der Waals surface area contributed by atoms with Gasteiger partial charge in [0.1, 0.15) is 11.4 Å². The SMILES string of the molecule is COCCNc1cccc(Nc2ncc(C(F)(F)F)c(NC3CC3)n2)c1C=N. The largest absolute Gasteiger partial charge is 0.421 e. The highest BCUT2D eigenvalue weighted by atomic mass is 19.4. The van der Waals surface area contributed by atoms with E-state index in [2.05, 4.69) is 25.9 Å². The Morgan fingerprint density at radius 1 is 1.29 bits per heavy atom. The van der Waals surface area contributed by atoms with Crippen molar-refractivity contribution in [2.45, 2.75) is 25.1 Å². The van der Waals surface area contributed by atoms with Gasteiger partial charge in [0.15, 0.2) is 0 Å². The van der Waals surface area contributed by atoms with Crippen LogP contribution in [-0.2, 0) is 10.9 Å². The molecule has 1 aromatic heterocycles. The summed E-state index contributed by atoms with van der Waals surface area (Å²) in [5.41, 5.74) is 0.848. The highest BCUT2D eigenvalue weighted by Gasteiger charge is 2.36. The van der Waals surface area contributed by atoms with E-state index in [1.165, 1.54) is 0 Å². The quantitative estimate of drug-likeness (QED) is 0.381. The third-order valence-electron chi connectivity index (χ3n) is 4.13. The summed E-state index contributed by atoms with van der Waals surface area (Å²) in [5, 5.41) is 16.6. The molecule has 0 aliphatic heterocycles. The van der Waals surface area contributed by atoms with Crippen LogP contribution in [0.25, 0.3) is 0 Å². The fourth-order valence-corrected chi connectivity index (χ4v) is 2.57. The predicted molar refractivity (Wildman–Crippen MR) is 102 cm³/mol. The number of halogens is 3. The fourth-order valence-electron chi connectivity index (χ4n) is 2.57. The Hall–Kier alpha value is -2.88. The maximum Gasteiger partial charge on any atom is 0.421 e. The molecule has 0 amide bonds. The monoisotopic (exact) mass is 394 g/mol. The number of ether oxygens (including phenoxy) is 1. The smallest absolute Gasteiger partial charge is 0.383 e. The number of anilines is 4. The second-order valence-corrected chi connectivity index (χ2v) is 6.33. The Morgan fingerprint density at radius 3 is 2.68 bits per heavy atom. The molecule has 7 nitrogen and oxygen atoms in total. The number of hydrogen-bond donors (Lipinski definition) is 4. The molecule has 1 aliphatic rings. The summed E-state index contributed by atoms with van der Waals surface area (Å²) < 4.78 is 44.6. The zero-order valence-corrected chi connectivity index (χ0v) is 15.2. The van der Waals surface area contributed by atoms with E-state index < -0.39 is 11.7 Å². The third kappa shape index (κ3) is 4.89. The van der Waals surface area contributed by atoms with E-state index >= 15 is 0 Å². The van der Waals surface area contributed by atoms with Crippen LogP contribution in [0.3, 0.4) is 0 Å². The first-order chi connectivity index (χ1) is 13.4. The topological polar surface area (TPSA) is 94.9 Å². The summed E-state index contributed by atoms with van der Waals surface area (Å²) in [6, 6.07) is 5.28. The van der Waals surface area contributed by atoms with Gasteiger partial charge < -0.3 is 26.1 Å². The molecule has 1 heterocycles. The summed E-state index contributed by atoms with van der Waals surface area (Å²) in [4.78, 5) is 7.84. The van der Waals surface area contributed by atoms with Gasteiger partial charge in [-0.25, -0.2) is 4.98 Å². The number of nitrogens with one attached hydrogen (secondary N) is 4. The molecule has 4 N–H and O–H groups in total. The number of rotatable bonds is 9. The summed E-state index contributed by atoms with van der Waals surface area (Å²) >= 11 is 0. The van der Waals surface area contributed by atoms with Crippen molar-refractivity contribution < 1.29 is 17.9 Å². The first kappa shape index (κ1) is 19.9. The number of alkyl halides is 3. The molecule has 2 aromatic rings. The number of methoxy groups -OCH3 is 1. The average molecular weight is 394 g/mol. The highest BCUT2D eigenvalue weighted by Crippen LogP contribution is 2.36. The summed E-state index contributed by atoms with van der Waals surface area (Å²) in [6.45, 7) is 1.04. The van der Waals surface area contributed by atoms with E-state index in [4.69, 9.17) is 10.1 Å². The van der Waals surface area contributed by atoms with Crippen LogP contribution in [0.15, 0.2) is 24.4 Å². The minimum Gasteiger partial charge on any atom is -0.383 e. The van der Waals surface area contributed by atoms with Gasteiger partial charge in [-0.15, -0.1) is 0 Å². The summed E-state index contributed by atoms with van der Waals surface area (Å²) in [7, 11) is 1.59. The van der Waals surface area contributed by atoms with Crippen LogP contribution in [0.5, 0.6) is 0 Å². The van der Waals surface area contributed by atoms with Crippen molar-refractivity contribution >= 4 is 29.4 Å². The maximum absolute atomic E-state index is 13.2. The molecule has 10 heteroatoms. The number of hydrogen-bond acceptors (Lipinski definition) is 7. The van der Waals surface area contributed by atoms with Crippen molar-refractivity contribution in [1.82, 2.24) is 9.97 Å². The highest BCUT2D eigenvalue weighted by molar-refractivity contribution is 5.94. The predicted octanol–water partition coefficient (Wildman–Crippen LogP) is 3.87. The molecule has 0 saturated heterocycles. The van der Waals surface area contributed by atoms with Crippen molar-refractivity contribution in [2.24, 2.45) is 0 Å². The van der Waals surface area contributed by atoms with Gasteiger partial charge in [-0.3, -0.25) is 0 Å². The molecule has 0 unspecified atom stereocenters. The van der Waals surface area contributed by atoms with Crippen LogP contribution < -0.4 is 16.0 Å². The van der Waals surface area contributed by atoms with E-state index in [1.54, 1.807) is 25.3 Å². The Balaban J connectivity index is 1.86. The van der Waals surface area contributed by atoms with Gasteiger partial charge in [-0.1, -0.05) is 6.07 Å². The second kappa shape index (κ2) is 8.42. The lowest BCUT2D eigenvalue weighted by Crippen LogP contribution is -2.15. The van der Waals surface area contributed by atoms with Crippen LogP contribution in [0.1, 0.15) is 24.0 Å². The minimum atomic E-state index is -4.54. The molecule has 0 radical (unpaired) electrons. The van der Waals surface area contributed by atoms with Crippen LogP contribution in [-0.4, -0.2) is 42.5 Å². The summed E-state index contributed by atoms with van der Waals surface area (Å²) in [5.74, 6) is -0.216.